The van der Waals surface area contributed by atoms with E-state index in [2.05, 4.69) is 25.0 Å². The molecule has 0 saturated carbocycles. The van der Waals surface area contributed by atoms with Crippen LogP contribution in [0.4, 0.5) is 28.7 Å². The van der Waals surface area contributed by atoms with Crippen LogP contribution in [0.15, 0.2) is 40.7 Å². The van der Waals surface area contributed by atoms with E-state index in [1.54, 1.807) is 17.5 Å². The summed E-state index contributed by atoms with van der Waals surface area (Å²) in [6, 6.07) is 5.87. The summed E-state index contributed by atoms with van der Waals surface area (Å²) >= 11 is 1.20. The fourth-order valence-corrected chi connectivity index (χ4v) is 6.46. The molecule has 10 N–H and O–H groups in total. The van der Waals surface area contributed by atoms with Gasteiger partial charge >= 0.3 is 0 Å². The van der Waals surface area contributed by atoms with E-state index in [0.717, 1.165) is 12.8 Å². The van der Waals surface area contributed by atoms with E-state index in [1.807, 2.05) is 9.80 Å². The number of hydrogen-bond acceptors (Lipinski definition) is 14. The van der Waals surface area contributed by atoms with Crippen molar-refractivity contribution >= 4 is 62.4 Å². The molecule has 0 bridgehead atoms. The van der Waals surface area contributed by atoms with Crippen LogP contribution in [-0.2, 0) is 10.0 Å². The molecule has 0 radical (unpaired) electrons. The normalized spacial score (nSPS) is 23.7. The van der Waals surface area contributed by atoms with Crippen LogP contribution in [0.1, 0.15) is 12.8 Å². The number of nitrogens with two attached hydrogens (primary N) is 4. The number of halogens is 1. The van der Waals surface area contributed by atoms with E-state index in [0.29, 0.717) is 54.8 Å². The molecule has 14 nitrogen and oxygen atoms in total. The standard InChI is InChI=1S/C22H32N12O2S2.ClH/c23-13-7-14(24)10-33(9-13)20-29-19(30-21(31-20)34-11-15(25)8-16(26)12-34)28-17-1-3-18(4-2-17)38(35,36)32-22-27-5-6-37-22;/h1-6,13-16H,7-12,23-26H2,(H,27,32)(H,28,29,30,31);1H/t13-,14+,15-,16+;. The van der Waals surface area contributed by atoms with E-state index in [9.17, 15) is 8.42 Å². The molecule has 39 heavy (non-hydrogen) atoms. The average molecular weight is 597 g/mol. The summed E-state index contributed by atoms with van der Waals surface area (Å²) in [7, 11) is -3.77. The van der Waals surface area contributed by atoms with Crippen molar-refractivity contribution in [1.82, 2.24) is 19.9 Å². The van der Waals surface area contributed by atoms with E-state index < -0.39 is 10.0 Å². The monoisotopic (exact) mass is 596 g/mol. The van der Waals surface area contributed by atoms with Gasteiger partial charge in [-0.3, -0.25) is 4.72 Å². The molecule has 0 spiro atoms. The van der Waals surface area contributed by atoms with Gasteiger partial charge in [0.05, 0.1) is 4.90 Å². The number of piperidine rings is 2. The van der Waals surface area contributed by atoms with Gasteiger partial charge in [-0.1, -0.05) is 0 Å². The molecule has 0 unspecified atom stereocenters. The predicted octanol–water partition coefficient (Wildman–Crippen LogP) is 0.0237. The van der Waals surface area contributed by atoms with Gasteiger partial charge in [0, 0.05) is 67.6 Å². The van der Waals surface area contributed by atoms with Crippen LogP contribution in [0, 0.1) is 0 Å². The third-order valence-corrected chi connectivity index (χ3v) is 8.46. The summed E-state index contributed by atoms with van der Waals surface area (Å²) in [4.78, 5) is 22.0. The number of anilines is 5. The SMILES string of the molecule is Cl.N[C@@H]1C[C@H](N)CN(c2nc(Nc3ccc(S(=O)(=O)Nc4nccs4)cc3)nc(N3C[C@H](N)C[C@H](N)C3)n2)C1. The van der Waals surface area contributed by atoms with E-state index in [1.165, 1.54) is 29.7 Å². The maximum absolute atomic E-state index is 12.7. The van der Waals surface area contributed by atoms with Crippen LogP contribution in [-0.4, -0.2) is 78.7 Å². The van der Waals surface area contributed by atoms with Crippen LogP contribution < -0.4 is 42.8 Å². The Balaban J connectivity index is 0.00000353. The summed E-state index contributed by atoms with van der Waals surface area (Å²) in [5, 5.41) is 5.16. The fraction of sp³-hybridized carbons (Fsp3) is 0.455. The second-order valence-corrected chi connectivity index (χ2v) is 12.2. The minimum atomic E-state index is -3.77. The average Bonchev–Trinajstić information content (AvgIpc) is 3.35. The maximum Gasteiger partial charge on any atom is 0.263 e. The number of nitrogens with one attached hydrogen (secondary N) is 2. The van der Waals surface area contributed by atoms with Crippen LogP contribution >= 0.6 is 23.7 Å². The van der Waals surface area contributed by atoms with Crippen molar-refractivity contribution in [2.45, 2.75) is 41.9 Å². The Labute approximate surface area is 237 Å². The lowest BCUT2D eigenvalue weighted by Crippen LogP contribution is -2.54. The smallest absolute Gasteiger partial charge is 0.263 e. The summed E-state index contributed by atoms with van der Waals surface area (Å²) in [6.45, 7) is 2.26. The van der Waals surface area contributed by atoms with Crippen molar-refractivity contribution in [3.8, 4) is 0 Å². The Bertz CT molecular complexity index is 1280. The summed E-state index contributed by atoms with van der Waals surface area (Å²) in [5.74, 6) is 1.19. The minimum absolute atomic E-state index is 0. The molecular weight excluding hydrogens is 564 g/mol. The molecule has 2 aliphatic heterocycles. The highest BCUT2D eigenvalue weighted by atomic mass is 35.5. The zero-order valence-corrected chi connectivity index (χ0v) is 23.5. The molecular formula is C22H33ClN12O2S2. The quantitative estimate of drug-likeness (QED) is 0.212. The third kappa shape index (κ3) is 7.21. The molecule has 2 aromatic heterocycles. The fourth-order valence-electron chi connectivity index (χ4n) is 4.67. The Morgan fingerprint density at radius 2 is 1.33 bits per heavy atom. The first-order valence-corrected chi connectivity index (χ1v) is 14.6. The van der Waals surface area contributed by atoms with Gasteiger partial charge < -0.3 is 38.1 Å². The minimum Gasteiger partial charge on any atom is -0.338 e. The number of benzene rings is 1. The van der Waals surface area contributed by atoms with E-state index in [-0.39, 0.29) is 41.5 Å². The lowest BCUT2D eigenvalue weighted by molar-refractivity contribution is 0.441. The van der Waals surface area contributed by atoms with Crippen molar-refractivity contribution in [2.75, 3.05) is 46.0 Å². The first-order chi connectivity index (χ1) is 18.1. The highest BCUT2D eigenvalue weighted by molar-refractivity contribution is 7.93. The number of rotatable bonds is 7. The van der Waals surface area contributed by atoms with E-state index >= 15 is 0 Å². The highest BCUT2D eigenvalue weighted by Crippen LogP contribution is 2.25. The Morgan fingerprint density at radius 1 is 0.821 bits per heavy atom. The molecule has 2 aliphatic rings. The maximum atomic E-state index is 12.7. The topological polar surface area (TPSA) is 220 Å². The largest absolute Gasteiger partial charge is 0.338 e. The molecule has 2 saturated heterocycles. The molecule has 5 rings (SSSR count). The van der Waals surface area contributed by atoms with Crippen LogP contribution in [0.5, 0.6) is 0 Å². The number of hydrogen-bond donors (Lipinski definition) is 6. The number of thiazole rings is 1. The van der Waals surface area contributed by atoms with E-state index in [4.69, 9.17) is 27.9 Å². The van der Waals surface area contributed by atoms with Gasteiger partial charge in [0.1, 0.15) is 0 Å². The van der Waals surface area contributed by atoms with Crippen molar-refractivity contribution in [2.24, 2.45) is 22.9 Å². The lowest BCUT2D eigenvalue weighted by atomic mass is 10.0. The summed E-state index contributed by atoms with van der Waals surface area (Å²) in [6.07, 6.45) is 2.98. The first-order valence-electron chi connectivity index (χ1n) is 12.2. The Morgan fingerprint density at radius 3 is 1.79 bits per heavy atom. The zero-order valence-electron chi connectivity index (χ0n) is 21.1. The van der Waals surface area contributed by atoms with Crippen molar-refractivity contribution < 1.29 is 8.42 Å². The Kier molecular flexibility index (Phi) is 9.05. The molecule has 212 valence electrons. The number of nitrogens with zero attached hydrogens (tertiary/aromatic N) is 6. The predicted molar refractivity (Wildman–Crippen MR) is 155 cm³/mol. The lowest BCUT2D eigenvalue weighted by Gasteiger charge is -2.37. The van der Waals surface area contributed by atoms with Gasteiger partial charge in [-0.05, 0) is 37.1 Å². The Hall–Kier alpha value is -2.86. The zero-order chi connectivity index (χ0) is 26.9. The molecule has 17 heteroatoms. The molecule has 4 heterocycles. The van der Waals surface area contributed by atoms with Gasteiger partial charge in [0.2, 0.25) is 17.8 Å². The summed E-state index contributed by atoms with van der Waals surface area (Å²) < 4.78 is 27.8. The second-order valence-electron chi connectivity index (χ2n) is 9.67. The molecule has 4 atom stereocenters. The number of aromatic nitrogens is 4. The molecule has 0 aliphatic carbocycles. The van der Waals surface area contributed by atoms with Crippen LogP contribution in [0.25, 0.3) is 0 Å². The molecule has 3 aromatic rings. The van der Waals surface area contributed by atoms with Crippen molar-refractivity contribution in [3.05, 3.63) is 35.8 Å². The molecule has 1 aromatic carbocycles. The van der Waals surface area contributed by atoms with Gasteiger partial charge in [0.15, 0.2) is 5.13 Å². The number of sulfonamides is 1. The van der Waals surface area contributed by atoms with Gasteiger partial charge in [-0.25, -0.2) is 13.4 Å². The molecule has 2 fully saturated rings. The van der Waals surface area contributed by atoms with Gasteiger partial charge in [0.25, 0.3) is 10.0 Å². The van der Waals surface area contributed by atoms with Gasteiger partial charge in [-0.15, -0.1) is 23.7 Å². The van der Waals surface area contributed by atoms with Crippen LogP contribution in [0.2, 0.25) is 0 Å². The van der Waals surface area contributed by atoms with Crippen LogP contribution in [0.3, 0.4) is 0 Å². The molecule has 0 amide bonds. The first kappa shape index (κ1) is 29.1. The summed E-state index contributed by atoms with van der Waals surface area (Å²) in [5.41, 5.74) is 25.5. The second kappa shape index (κ2) is 12.1. The van der Waals surface area contributed by atoms with Gasteiger partial charge in [-0.2, -0.15) is 15.0 Å². The third-order valence-electron chi connectivity index (χ3n) is 6.28. The van der Waals surface area contributed by atoms with Crippen molar-refractivity contribution in [3.63, 3.8) is 0 Å². The highest BCUT2D eigenvalue weighted by Gasteiger charge is 2.29. The van der Waals surface area contributed by atoms with Crippen molar-refractivity contribution in [1.29, 1.82) is 0 Å².